The zero-order valence-corrected chi connectivity index (χ0v) is 11.6. The van der Waals surface area contributed by atoms with Crippen molar-refractivity contribution in [1.82, 2.24) is 10.2 Å². The molecule has 2 rings (SSSR count). The van der Waals surface area contributed by atoms with Crippen molar-refractivity contribution < 1.29 is 0 Å². The summed E-state index contributed by atoms with van der Waals surface area (Å²) >= 11 is 3.43. The molecule has 0 amide bonds. The first-order valence-electron chi connectivity index (χ1n) is 5.66. The van der Waals surface area contributed by atoms with E-state index in [9.17, 15) is 0 Å². The van der Waals surface area contributed by atoms with E-state index in [0.29, 0.717) is 11.7 Å². The van der Waals surface area contributed by atoms with Gasteiger partial charge in [-0.3, -0.25) is 5.10 Å². The van der Waals surface area contributed by atoms with Crippen molar-refractivity contribution in [2.24, 2.45) is 5.92 Å². The predicted molar refractivity (Wildman–Crippen MR) is 74.7 cm³/mol. The van der Waals surface area contributed by atoms with Gasteiger partial charge in [-0.2, -0.15) is 5.10 Å². The van der Waals surface area contributed by atoms with Gasteiger partial charge in [-0.1, -0.05) is 41.9 Å². The number of benzene rings is 1. The molecule has 0 saturated carbocycles. The van der Waals surface area contributed by atoms with E-state index in [1.807, 2.05) is 12.1 Å². The number of nitrogens with two attached hydrogens (primary N) is 1. The standard InChI is InChI=1S/C13H16BrN3/c1-8(2)7-11-12(16-17-13(11)15)9-3-5-10(14)6-4-9/h3-6,8H,7H2,1-2H3,(H3,15,16,17). The molecule has 1 aromatic heterocycles. The van der Waals surface area contributed by atoms with Gasteiger partial charge in [-0.15, -0.1) is 0 Å². The van der Waals surface area contributed by atoms with E-state index in [2.05, 4.69) is 52.1 Å². The average Bonchev–Trinajstić information content (AvgIpc) is 2.61. The first kappa shape index (κ1) is 12.2. The van der Waals surface area contributed by atoms with Crippen LogP contribution in [0.3, 0.4) is 0 Å². The zero-order valence-electron chi connectivity index (χ0n) is 10.00. The summed E-state index contributed by atoms with van der Waals surface area (Å²) in [6, 6.07) is 8.15. The van der Waals surface area contributed by atoms with Gasteiger partial charge >= 0.3 is 0 Å². The molecule has 0 bridgehead atoms. The van der Waals surface area contributed by atoms with Crippen molar-refractivity contribution >= 4 is 21.7 Å². The largest absolute Gasteiger partial charge is 0.382 e. The normalized spacial score (nSPS) is 11.1. The van der Waals surface area contributed by atoms with E-state index in [1.54, 1.807) is 0 Å². The Morgan fingerprint density at radius 3 is 2.53 bits per heavy atom. The van der Waals surface area contributed by atoms with Gasteiger partial charge in [0.05, 0.1) is 5.69 Å². The lowest BCUT2D eigenvalue weighted by molar-refractivity contribution is 0.649. The molecule has 17 heavy (non-hydrogen) atoms. The van der Waals surface area contributed by atoms with Crippen LogP contribution in [0.2, 0.25) is 0 Å². The van der Waals surface area contributed by atoms with E-state index >= 15 is 0 Å². The minimum atomic E-state index is 0.559. The molecule has 3 nitrogen and oxygen atoms in total. The summed E-state index contributed by atoms with van der Waals surface area (Å²) < 4.78 is 1.07. The quantitative estimate of drug-likeness (QED) is 0.908. The fourth-order valence-corrected chi connectivity index (χ4v) is 2.11. The fourth-order valence-electron chi connectivity index (χ4n) is 1.85. The minimum Gasteiger partial charge on any atom is -0.382 e. The molecule has 0 aliphatic rings. The third-order valence-electron chi connectivity index (χ3n) is 2.64. The Balaban J connectivity index is 2.41. The number of anilines is 1. The molecular weight excluding hydrogens is 278 g/mol. The number of nitrogen functional groups attached to an aromatic ring is 1. The number of hydrogen-bond donors (Lipinski definition) is 2. The van der Waals surface area contributed by atoms with Gasteiger partial charge in [0.1, 0.15) is 5.82 Å². The molecule has 0 atom stereocenters. The SMILES string of the molecule is CC(C)Cc1c(N)n[nH]c1-c1ccc(Br)cc1. The Hall–Kier alpha value is -1.29. The summed E-state index contributed by atoms with van der Waals surface area (Å²) in [5.41, 5.74) is 9.17. The predicted octanol–water partition coefficient (Wildman–Crippen LogP) is 3.62. The smallest absolute Gasteiger partial charge is 0.149 e. The van der Waals surface area contributed by atoms with Crippen LogP contribution in [0, 0.1) is 5.92 Å². The van der Waals surface area contributed by atoms with Crippen molar-refractivity contribution in [3.8, 4) is 11.3 Å². The van der Waals surface area contributed by atoms with Gasteiger partial charge < -0.3 is 5.73 Å². The van der Waals surface area contributed by atoms with Gasteiger partial charge in [-0.25, -0.2) is 0 Å². The maximum absolute atomic E-state index is 5.91. The summed E-state index contributed by atoms with van der Waals surface area (Å²) in [4.78, 5) is 0. The Kier molecular flexibility index (Phi) is 3.52. The fraction of sp³-hybridized carbons (Fsp3) is 0.308. The highest BCUT2D eigenvalue weighted by molar-refractivity contribution is 9.10. The number of rotatable bonds is 3. The maximum Gasteiger partial charge on any atom is 0.149 e. The summed E-state index contributed by atoms with van der Waals surface area (Å²) in [5, 5.41) is 7.13. The second-order valence-electron chi connectivity index (χ2n) is 4.57. The van der Waals surface area contributed by atoms with E-state index in [0.717, 1.165) is 27.7 Å². The van der Waals surface area contributed by atoms with E-state index in [4.69, 9.17) is 5.73 Å². The monoisotopic (exact) mass is 293 g/mol. The molecule has 1 heterocycles. The van der Waals surface area contributed by atoms with Crippen LogP contribution in [0.25, 0.3) is 11.3 Å². The van der Waals surface area contributed by atoms with Gasteiger partial charge in [-0.05, 0) is 30.0 Å². The van der Waals surface area contributed by atoms with Crippen molar-refractivity contribution in [2.75, 3.05) is 5.73 Å². The topological polar surface area (TPSA) is 54.7 Å². The molecule has 0 spiro atoms. The molecule has 1 aromatic carbocycles. The number of nitrogens with one attached hydrogen (secondary N) is 1. The van der Waals surface area contributed by atoms with Gasteiger partial charge in [0.2, 0.25) is 0 Å². The first-order valence-corrected chi connectivity index (χ1v) is 6.46. The van der Waals surface area contributed by atoms with Gasteiger partial charge in [0, 0.05) is 10.0 Å². The van der Waals surface area contributed by atoms with Gasteiger partial charge in [0.25, 0.3) is 0 Å². The Morgan fingerprint density at radius 2 is 1.94 bits per heavy atom. The highest BCUT2D eigenvalue weighted by Crippen LogP contribution is 2.28. The summed E-state index contributed by atoms with van der Waals surface area (Å²) in [7, 11) is 0. The van der Waals surface area contributed by atoms with Crippen molar-refractivity contribution in [3.63, 3.8) is 0 Å². The highest BCUT2D eigenvalue weighted by atomic mass is 79.9. The van der Waals surface area contributed by atoms with Crippen molar-refractivity contribution in [2.45, 2.75) is 20.3 Å². The average molecular weight is 294 g/mol. The summed E-state index contributed by atoms with van der Waals surface area (Å²) in [6.07, 6.45) is 0.938. The van der Waals surface area contributed by atoms with E-state index in [-0.39, 0.29) is 0 Å². The molecule has 0 fully saturated rings. The van der Waals surface area contributed by atoms with E-state index < -0.39 is 0 Å². The lowest BCUT2D eigenvalue weighted by Gasteiger charge is -2.07. The second-order valence-corrected chi connectivity index (χ2v) is 5.48. The lowest BCUT2D eigenvalue weighted by atomic mass is 9.99. The Bertz CT molecular complexity index is 500. The molecule has 0 unspecified atom stereocenters. The second kappa shape index (κ2) is 4.92. The molecule has 0 radical (unpaired) electrons. The number of halogens is 1. The molecule has 0 saturated heterocycles. The zero-order chi connectivity index (χ0) is 12.4. The third kappa shape index (κ3) is 2.69. The van der Waals surface area contributed by atoms with Crippen LogP contribution in [0.15, 0.2) is 28.7 Å². The first-order chi connectivity index (χ1) is 8.08. The van der Waals surface area contributed by atoms with Crippen LogP contribution in [0.5, 0.6) is 0 Å². The number of aromatic nitrogens is 2. The summed E-state index contributed by atoms with van der Waals surface area (Å²) in [5.74, 6) is 1.17. The molecule has 90 valence electrons. The minimum absolute atomic E-state index is 0.559. The summed E-state index contributed by atoms with van der Waals surface area (Å²) in [6.45, 7) is 4.36. The Labute approximate surface area is 110 Å². The number of H-pyrrole nitrogens is 1. The van der Waals surface area contributed by atoms with Gasteiger partial charge in [0.15, 0.2) is 0 Å². The lowest BCUT2D eigenvalue weighted by Crippen LogP contribution is -1.99. The number of nitrogens with zero attached hydrogens (tertiary/aromatic N) is 1. The molecule has 0 aliphatic carbocycles. The van der Waals surface area contributed by atoms with Crippen LogP contribution in [0.4, 0.5) is 5.82 Å². The Morgan fingerprint density at radius 1 is 1.29 bits per heavy atom. The highest BCUT2D eigenvalue weighted by Gasteiger charge is 2.13. The van der Waals surface area contributed by atoms with Crippen LogP contribution in [-0.2, 0) is 6.42 Å². The third-order valence-corrected chi connectivity index (χ3v) is 3.17. The van der Waals surface area contributed by atoms with Crippen LogP contribution < -0.4 is 5.73 Å². The molecule has 2 aromatic rings. The van der Waals surface area contributed by atoms with Crippen LogP contribution in [0.1, 0.15) is 19.4 Å². The van der Waals surface area contributed by atoms with E-state index in [1.165, 1.54) is 0 Å². The molecular formula is C13H16BrN3. The van der Waals surface area contributed by atoms with Crippen LogP contribution >= 0.6 is 15.9 Å². The van der Waals surface area contributed by atoms with Crippen molar-refractivity contribution in [1.29, 1.82) is 0 Å². The number of aromatic amines is 1. The maximum atomic E-state index is 5.91. The molecule has 4 heteroatoms. The van der Waals surface area contributed by atoms with Crippen LogP contribution in [-0.4, -0.2) is 10.2 Å². The number of hydrogen-bond acceptors (Lipinski definition) is 2. The van der Waals surface area contributed by atoms with Crippen molar-refractivity contribution in [3.05, 3.63) is 34.3 Å². The molecule has 3 N–H and O–H groups in total. The molecule has 0 aliphatic heterocycles.